The van der Waals surface area contributed by atoms with Gasteiger partial charge in [-0.1, -0.05) is 0 Å². The summed E-state index contributed by atoms with van der Waals surface area (Å²) >= 11 is 0. The van der Waals surface area contributed by atoms with Crippen LogP contribution in [0.1, 0.15) is 0 Å². The third-order valence-electron chi connectivity index (χ3n) is 0.908. The summed E-state index contributed by atoms with van der Waals surface area (Å²) in [5.41, 5.74) is -0.639. The summed E-state index contributed by atoms with van der Waals surface area (Å²) in [5, 5.41) is 11.6. The number of β-amino-alcohol motifs (C(OH)–C–C–N with tert-alkyl or cyclic N) is 1. The van der Waals surface area contributed by atoms with Crippen LogP contribution in [0.4, 0.5) is 0 Å². The zero-order chi connectivity index (χ0) is 4.62. The van der Waals surface area contributed by atoms with Crippen LogP contribution in [-0.4, -0.2) is 23.8 Å². The Bertz CT molecular complexity index is 58.7. The zero-order valence-electron chi connectivity index (χ0n) is 4.15. The standard InChI is InChI=1S/C4H8NO.Y/c1-4(6)2-5-3-4;/h5-6H,1-3H2;/q-1;. The Labute approximate surface area is 68.6 Å². The van der Waals surface area contributed by atoms with Gasteiger partial charge in [-0.15, -0.1) is 0 Å². The van der Waals surface area contributed by atoms with Gasteiger partial charge in [0.2, 0.25) is 0 Å². The molecule has 0 unspecified atom stereocenters. The molecule has 0 aromatic heterocycles. The first-order valence-corrected chi connectivity index (χ1v) is 1.99. The van der Waals surface area contributed by atoms with Gasteiger partial charge < -0.3 is 17.3 Å². The maximum atomic E-state index is 8.74. The van der Waals surface area contributed by atoms with Crippen molar-refractivity contribution in [3.8, 4) is 0 Å². The molecule has 1 radical (unpaired) electrons. The first-order valence-electron chi connectivity index (χ1n) is 1.99. The summed E-state index contributed by atoms with van der Waals surface area (Å²) in [4.78, 5) is 0. The first-order chi connectivity index (χ1) is 2.71. The number of aliphatic hydroxyl groups is 1. The van der Waals surface area contributed by atoms with E-state index in [2.05, 4.69) is 12.2 Å². The molecule has 0 aromatic rings. The first kappa shape index (κ1) is 8.02. The minimum Gasteiger partial charge on any atom is -0.420 e. The van der Waals surface area contributed by atoms with Gasteiger partial charge in [-0.3, -0.25) is 0 Å². The zero-order valence-corrected chi connectivity index (χ0v) is 6.98. The van der Waals surface area contributed by atoms with Crippen molar-refractivity contribution in [2.24, 2.45) is 0 Å². The summed E-state index contributed by atoms with van der Waals surface area (Å²) in [6.45, 7) is 4.76. The summed E-state index contributed by atoms with van der Waals surface area (Å²) in [6.07, 6.45) is 0. The third kappa shape index (κ3) is 2.18. The maximum absolute atomic E-state index is 8.74. The largest absolute Gasteiger partial charge is 0.420 e. The number of hydrogen-bond donors (Lipinski definition) is 2. The van der Waals surface area contributed by atoms with Crippen molar-refractivity contribution >= 4 is 0 Å². The van der Waals surface area contributed by atoms with Gasteiger partial charge >= 0.3 is 0 Å². The fourth-order valence-electron chi connectivity index (χ4n) is 0.414. The van der Waals surface area contributed by atoms with Crippen LogP contribution >= 0.6 is 0 Å². The fourth-order valence-corrected chi connectivity index (χ4v) is 0.414. The SMILES string of the molecule is [CH2-]C1(O)CNC1.[Y]. The smallest absolute Gasteiger partial charge is 0 e. The number of rotatable bonds is 0. The predicted molar refractivity (Wildman–Crippen MR) is 23.2 cm³/mol. The van der Waals surface area contributed by atoms with Gasteiger partial charge in [0, 0.05) is 32.7 Å². The van der Waals surface area contributed by atoms with E-state index >= 15 is 0 Å². The normalized spacial score (nSPS) is 24.9. The minimum atomic E-state index is -0.639. The van der Waals surface area contributed by atoms with Crippen molar-refractivity contribution in [3.05, 3.63) is 6.92 Å². The van der Waals surface area contributed by atoms with Gasteiger partial charge in [-0.25, -0.2) is 0 Å². The van der Waals surface area contributed by atoms with E-state index in [0.717, 1.165) is 0 Å². The van der Waals surface area contributed by atoms with E-state index in [1.165, 1.54) is 0 Å². The summed E-state index contributed by atoms with van der Waals surface area (Å²) < 4.78 is 0. The Balaban J connectivity index is 0.000000360. The van der Waals surface area contributed by atoms with E-state index in [1.54, 1.807) is 0 Å². The monoisotopic (exact) mass is 175 g/mol. The molecule has 0 aliphatic carbocycles. The van der Waals surface area contributed by atoms with Crippen molar-refractivity contribution in [2.45, 2.75) is 5.60 Å². The summed E-state index contributed by atoms with van der Waals surface area (Å²) in [7, 11) is 0. The van der Waals surface area contributed by atoms with Gasteiger partial charge in [-0.2, -0.15) is 0 Å². The van der Waals surface area contributed by atoms with Crippen LogP contribution in [0, 0.1) is 6.92 Å². The predicted octanol–water partition coefficient (Wildman–Crippen LogP) is -0.848. The second-order valence-electron chi connectivity index (χ2n) is 1.83. The Morgan fingerprint density at radius 1 is 1.57 bits per heavy atom. The van der Waals surface area contributed by atoms with Gasteiger partial charge in [-0.05, 0) is 18.7 Å². The topological polar surface area (TPSA) is 32.3 Å². The van der Waals surface area contributed by atoms with Gasteiger partial charge in [0.25, 0.3) is 0 Å². The molecule has 0 amide bonds. The molecule has 1 fully saturated rings. The van der Waals surface area contributed by atoms with Gasteiger partial charge in [0.05, 0.1) is 0 Å². The molecular weight excluding hydrogens is 167 g/mol. The van der Waals surface area contributed by atoms with E-state index in [1.807, 2.05) is 0 Å². The molecule has 0 saturated carbocycles. The van der Waals surface area contributed by atoms with Crippen molar-refractivity contribution in [1.82, 2.24) is 5.32 Å². The average Bonchev–Trinajstić information content (AvgIpc) is 1.32. The van der Waals surface area contributed by atoms with E-state index in [-0.39, 0.29) is 32.7 Å². The Morgan fingerprint density at radius 3 is 1.86 bits per heavy atom. The van der Waals surface area contributed by atoms with Crippen molar-refractivity contribution in [2.75, 3.05) is 13.1 Å². The van der Waals surface area contributed by atoms with Gasteiger partial charge in [0.15, 0.2) is 0 Å². The molecule has 3 heteroatoms. The second kappa shape index (κ2) is 2.54. The summed E-state index contributed by atoms with van der Waals surface area (Å²) in [5.74, 6) is 0. The van der Waals surface area contributed by atoms with Crippen LogP contribution in [0.3, 0.4) is 0 Å². The minimum absolute atomic E-state index is 0. The van der Waals surface area contributed by atoms with Crippen LogP contribution in [0.25, 0.3) is 0 Å². The molecule has 1 aliphatic heterocycles. The Kier molecular flexibility index (Phi) is 2.91. The summed E-state index contributed by atoms with van der Waals surface area (Å²) in [6, 6.07) is 0. The Morgan fingerprint density at radius 2 is 1.86 bits per heavy atom. The molecule has 7 heavy (non-hydrogen) atoms. The van der Waals surface area contributed by atoms with E-state index in [0.29, 0.717) is 13.1 Å². The van der Waals surface area contributed by atoms with Crippen molar-refractivity contribution in [1.29, 1.82) is 0 Å². The van der Waals surface area contributed by atoms with E-state index in [9.17, 15) is 0 Å². The molecule has 1 aliphatic rings. The molecule has 0 bridgehead atoms. The van der Waals surface area contributed by atoms with Crippen LogP contribution < -0.4 is 5.32 Å². The molecule has 0 atom stereocenters. The van der Waals surface area contributed by atoms with Crippen LogP contribution in [0.15, 0.2) is 0 Å². The van der Waals surface area contributed by atoms with E-state index in [4.69, 9.17) is 5.11 Å². The molecular formula is C4H8NOY-. The van der Waals surface area contributed by atoms with E-state index < -0.39 is 5.60 Å². The Hall–Kier alpha value is 1.02. The average molecular weight is 175 g/mol. The van der Waals surface area contributed by atoms with Gasteiger partial charge in [0.1, 0.15) is 0 Å². The second-order valence-corrected chi connectivity index (χ2v) is 1.83. The molecule has 1 heterocycles. The van der Waals surface area contributed by atoms with Crippen molar-refractivity contribution < 1.29 is 37.8 Å². The molecule has 0 spiro atoms. The fraction of sp³-hybridized carbons (Fsp3) is 0.750. The third-order valence-corrected chi connectivity index (χ3v) is 0.908. The number of nitrogens with one attached hydrogen (secondary N) is 1. The molecule has 1 saturated heterocycles. The quantitative estimate of drug-likeness (QED) is 0.470. The van der Waals surface area contributed by atoms with Crippen molar-refractivity contribution in [3.63, 3.8) is 0 Å². The molecule has 2 nitrogen and oxygen atoms in total. The van der Waals surface area contributed by atoms with Crippen LogP contribution in [-0.2, 0) is 32.7 Å². The maximum Gasteiger partial charge on any atom is 0 e. The molecule has 1 rings (SSSR count). The molecule has 2 N–H and O–H groups in total. The molecule has 39 valence electrons. The van der Waals surface area contributed by atoms with Crippen LogP contribution in [0.2, 0.25) is 0 Å². The molecule has 0 aromatic carbocycles. The van der Waals surface area contributed by atoms with Crippen LogP contribution in [0.5, 0.6) is 0 Å². The number of hydrogen-bond acceptors (Lipinski definition) is 2.